The molecule has 0 saturated carbocycles. The summed E-state index contributed by atoms with van der Waals surface area (Å²) in [4.78, 5) is 29.7. The third-order valence-corrected chi connectivity index (χ3v) is 2.67. The van der Waals surface area contributed by atoms with Crippen molar-refractivity contribution >= 4 is 34.8 Å². The van der Waals surface area contributed by atoms with Crippen LogP contribution in [0.5, 0.6) is 0 Å². The van der Waals surface area contributed by atoms with E-state index in [1.54, 1.807) is 6.07 Å². The molecule has 2 aromatic rings. The number of hydrogen-bond acceptors (Lipinski definition) is 6. The van der Waals surface area contributed by atoms with E-state index >= 15 is 0 Å². The molecule has 0 unspecified atom stereocenters. The molecule has 2 rings (SSSR count). The van der Waals surface area contributed by atoms with Gasteiger partial charge >= 0.3 is 0 Å². The summed E-state index contributed by atoms with van der Waals surface area (Å²) in [6.07, 6.45) is 2.87. The van der Waals surface area contributed by atoms with Gasteiger partial charge in [-0.15, -0.1) is 0 Å². The molecule has 0 saturated heterocycles. The molecular formula is C11H8ClN5O3. The molecule has 0 atom stereocenters. The number of hydrogen-bond donors (Lipinski definition) is 2. The lowest BCUT2D eigenvalue weighted by atomic mass is 10.1. The molecule has 0 aliphatic heterocycles. The number of nitrogens with two attached hydrogens (primary N) is 1. The number of nitro benzene ring substituents is 1. The maximum atomic E-state index is 12.0. The molecule has 3 N–H and O–H groups in total. The Bertz CT molecular complexity index is 677. The van der Waals surface area contributed by atoms with Gasteiger partial charge in [0, 0.05) is 24.5 Å². The minimum atomic E-state index is -0.681. The Hall–Kier alpha value is -2.74. The molecule has 0 aliphatic carbocycles. The van der Waals surface area contributed by atoms with Gasteiger partial charge in [-0.05, 0) is 6.07 Å². The molecule has 1 amide bonds. The van der Waals surface area contributed by atoms with E-state index in [2.05, 4.69) is 15.3 Å². The van der Waals surface area contributed by atoms with Crippen molar-refractivity contribution in [2.45, 2.75) is 0 Å². The fraction of sp³-hybridized carbons (Fsp3) is 0. The quantitative estimate of drug-likeness (QED) is 0.505. The lowest BCUT2D eigenvalue weighted by Gasteiger charge is -2.07. The molecule has 0 spiro atoms. The monoisotopic (exact) mass is 293 g/mol. The average molecular weight is 294 g/mol. The van der Waals surface area contributed by atoms with E-state index in [0.717, 1.165) is 12.1 Å². The topological polar surface area (TPSA) is 124 Å². The lowest BCUT2D eigenvalue weighted by Crippen LogP contribution is -2.16. The number of carbonyl (C=O) groups excluding carboxylic acids is 1. The number of non-ortho nitro benzene ring substituents is 1. The summed E-state index contributed by atoms with van der Waals surface area (Å²) >= 11 is 5.77. The predicted molar refractivity (Wildman–Crippen MR) is 72.5 cm³/mol. The van der Waals surface area contributed by atoms with Crippen LogP contribution >= 0.6 is 11.6 Å². The highest BCUT2D eigenvalue weighted by Crippen LogP contribution is 2.29. The van der Waals surface area contributed by atoms with Gasteiger partial charge < -0.3 is 5.73 Å². The first kappa shape index (κ1) is 13.7. The number of carbonyl (C=O) groups is 1. The van der Waals surface area contributed by atoms with Gasteiger partial charge in [0.25, 0.3) is 11.6 Å². The van der Waals surface area contributed by atoms with Crippen LogP contribution in [-0.2, 0) is 0 Å². The maximum absolute atomic E-state index is 12.0. The SMILES string of the molecule is Nc1c(Cl)cc([N+](=O)[O-])cc1C(=O)Nc1ncccn1. The van der Waals surface area contributed by atoms with Gasteiger partial charge in [-0.3, -0.25) is 20.2 Å². The summed E-state index contributed by atoms with van der Waals surface area (Å²) in [7, 11) is 0. The lowest BCUT2D eigenvalue weighted by molar-refractivity contribution is -0.384. The summed E-state index contributed by atoms with van der Waals surface area (Å²) in [5.41, 5.74) is 5.16. The molecule has 0 aliphatic rings. The van der Waals surface area contributed by atoms with Crippen molar-refractivity contribution in [2.75, 3.05) is 11.1 Å². The van der Waals surface area contributed by atoms with E-state index in [9.17, 15) is 14.9 Å². The summed E-state index contributed by atoms with van der Waals surface area (Å²) in [5, 5.41) is 13.0. The molecule has 9 heteroatoms. The number of aromatic nitrogens is 2. The second-order valence-corrected chi connectivity index (χ2v) is 4.08. The van der Waals surface area contributed by atoms with Gasteiger partial charge in [0.05, 0.1) is 21.2 Å². The van der Waals surface area contributed by atoms with E-state index in [1.807, 2.05) is 0 Å². The highest BCUT2D eigenvalue weighted by molar-refractivity contribution is 6.34. The number of anilines is 2. The van der Waals surface area contributed by atoms with Crippen molar-refractivity contribution in [3.8, 4) is 0 Å². The molecule has 0 fully saturated rings. The molecule has 8 nitrogen and oxygen atoms in total. The van der Waals surface area contributed by atoms with Crippen LogP contribution in [0.1, 0.15) is 10.4 Å². The van der Waals surface area contributed by atoms with Gasteiger partial charge in [0.1, 0.15) is 0 Å². The summed E-state index contributed by atoms with van der Waals surface area (Å²) < 4.78 is 0. The highest BCUT2D eigenvalue weighted by Gasteiger charge is 2.19. The zero-order valence-corrected chi connectivity index (χ0v) is 10.7. The van der Waals surface area contributed by atoms with E-state index in [1.165, 1.54) is 12.4 Å². The van der Waals surface area contributed by atoms with Crippen LogP contribution in [0.2, 0.25) is 5.02 Å². The molecular weight excluding hydrogens is 286 g/mol. The second kappa shape index (κ2) is 5.49. The number of nitrogens with zero attached hydrogens (tertiary/aromatic N) is 3. The molecule has 0 bridgehead atoms. The number of nitrogens with one attached hydrogen (secondary N) is 1. The Kier molecular flexibility index (Phi) is 3.76. The number of rotatable bonds is 3. The molecule has 20 heavy (non-hydrogen) atoms. The first-order chi connectivity index (χ1) is 9.49. The number of halogens is 1. The number of benzene rings is 1. The van der Waals surface area contributed by atoms with Crippen LogP contribution in [-0.4, -0.2) is 20.8 Å². The minimum Gasteiger partial charge on any atom is -0.397 e. The Balaban J connectivity index is 2.36. The normalized spacial score (nSPS) is 10.1. The zero-order chi connectivity index (χ0) is 14.7. The van der Waals surface area contributed by atoms with Crippen molar-refractivity contribution in [1.29, 1.82) is 0 Å². The molecule has 102 valence electrons. The van der Waals surface area contributed by atoms with Gasteiger partial charge in [0.2, 0.25) is 5.95 Å². The van der Waals surface area contributed by atoms with E-state index in [-0.39, 0.29) is 27.9 Å². The summed E-state index contributed by atoms with van der Waals surface area (Å²) in [6, 6.07) is 3.69. The van der Waals surface area contributed by atoms with Crippen LogP contribution in [0.4, 0.5) is 17.3 Å². The Morgan fingerprint density at radius 1 is 1.35 bits per heavy atom. The van der Waals surface area contributed by atoms with Crippen LogP contribution in [0.3, 0.4) is 0 Å². The smallest absolute Gasteiger partial charge is 0.271 e. The van der Waals surface area contributed by atoms with Crippen molar-refractivity contribution in [3.63, 3.8) is 0 Å². The van der Waals surface area contributed by atoms with Gasteiger partial charge in [0.15, 0.2) is 0 Å². The van der Waals surface area contributed by atoms with Crippen molar-refractivity contribution in [2.24, 2.45) is 0 Å². The number of nitro groups is 1. The first-order valence-corrected chi connectivity index (χ1v) is 5.68. The van der Waals surface area contributed by atoms with Gasteiger partial charge in [-0.1, -0.05) is 11.6 Å². The van der Waals surface area contributed by atoms with Gasteiger partial charge in [-0.25, -0.2) is 9.97 Å². The second-order valence-electron chi connectivity index (χ2n) is 3.67. The Morgan fingerprint density at radius 2 is 2.00 bits per heavy atom. The fourth-order valence-electron chi connectivity index (χ4n) is 1.43. The zero-order valence-electron chi connectivity index (χ0n) is 9.91. The van der Waals surface area contributed by atoms with E-state index < -0.39 is 10.8 Å². The van der Waals surface area contributed by atoms with Gasteiger partial charge in [-0.2, -0.15) is 0 Å². The first-order valence-electron chi connectivity index (χ1n) is 5.31. The van der Waals surface area contributed by atoms with Crippen molar-refractivity contribution in [1.82, 2.24) is 9.97 Å². The maximum Gasteiger partial charge on any atom is 0.271 e. The predicted octanol–water partition coefficient (Wildman–Crippen LogP) is 1.87. The van der Waals surface area contributed by atoms with Crippen LogP contribution in [0.25, 0.3) is 0 Å². The molecule has 1 heterocycles. The Labute approximate surface area is 117 Å². The number of amides is 1. The molecule has 1 aromatic carbocycles. The summed E-state index contributed by atoms with van der Waals surface area (Å²) in [5.74, 6) is -0.626. The van der Waals surface area contributed by atoms with Crippen molar-refractivity contribution < 1.29 is 9.72 Å². The third kappa shape index (κ3) is 2.81. The van der Waals surface area contributed by atoms with Crippen LogP contribution in [0.15, 0.2) is 30.6 Å². The average Bonchev–Trinajstić information content (AvgIpc) is 2.42. The number of nitrogen functional groups attached to an aromatic ring is 1. The summed E-state index contributed by atoms with van der Waals surface area (Å²) in [6.45, 7) is 0. The standard InChI is InChI=1S/C11H8ClN5O3/c12-8-5-6(17(19)20)4-7(9(8)13)10(18)16-11-14-2-1-3-15-11/h1-5H,13H2,(H,14,15,16,18). The highest BCUT2D eigenvalue weighted by atomic mass is 35.5. The van der Waals surface area contributed by atoms with Crippen LogP contribution < -0.4 is 11.1 Å². The van der Waals surface area contributed by atoms with Crippen molar-refractivity contribution in [3.05, 3.63) is 51.3 Å². The van der Waals surface area contributed by atoms with Crippen LogP contribution in [0, 0.1) is 10.1 Å². The molecule has 1 aromatic heterocycles. The fourth-order valence-corrected chi connectivity index (χ4v) is 1.64. The Morgan fingerprint density at radius 3 is 2.60 bits per heavy atom. The van der Waals surface area contributed by atoms with E-state index in [0.29, 0.717) is 0 Å². The minimum absolute atomic E-state index is 0.0503. The molecule has 0 radical (unpaired) electrons. The van der Waals surface area contributed by atoms with E-state index in [4.69, 9.17) is 17.3 Å². The third-order valence-electron chi connectivity index (χ3n) is 2.36. The largest absolute Gasteiger partial charge is 0.397 e.